The summed E-state index contributed by atoms with van der Waals surface area (Å²) in [7, 11) is -3.66. The van der Waals surface area contributed by atoms with Crippen molar-refractivity contribution < 1.29 is 22.7 Å². The maximum atomic E-state index is 12.4. The maximum absolute atomic E-state index is 12.4. The largest absolute Gasteiger partial charge is 0.486 e. The summed E-state index contributed by atoms with van der Waals surface area (Å²) in [5.74, 6) is 1.07. The zero-order valence-electron chi connectivity index (χ0n) is 17.5. The highest BCUT2D eigenvalue weighted by atomic mass is 32.2. The van der Waals surface area contributed by atoms with E-state index in [0.717, 1.165) is 5.56 Å². The number of rotatable bonds is 7. The van der Waals surface area contributed by atoms with Crippen LogP contribution >= 0.6 is 0 Å². The number of nitrogens with one attached hydrogen (secondary N) is 2. The third-order valence-corrected chi connectivity index (χ3v) is 6.25. The molecule has 0 bridgehead atoms. The van der Waals surface area contributed by atoms with E-state index in [9.17, 15) is 13.2 Å². The third-order valence-electron chi connectivity index (χ3n) is 4.77. The Morgan fingerprint density at radius 2 is 1.73 bits per heavy atom. The number of fused-ring (bicyclic) bond motifs is 1. The molecule has 1 unspecified atom stereocenters. The van der Waals surface area contributed by atoms with Gasteiger partial charge >= 0.3 is 0 Å². The fourth-order valence-corrected chi connectivity index (χ4v) is 4.03. The molecule has 30 heavy (non-hydrogen) atoms. The first-order valence-electron chi connectivity index (χ1n) is 9.90. The van der Waals surface area contributed by atoms with E-state index in [2.05, 4.69) is 30.8 Å². The average molecular weight is 433 g/mol. The summed E-state index contributed by atoms with van der Waals surface area (Å²) in [6.45, 7) is 6.84. The fraction of sp³-hybridized carbons (Fsp3) is 0.409. The molecule has 7 nitrogen and oxygen atoms in total. The maximum Gasteiger partial charge on any atom is 0.240 e. The summed E-state index contributed by atoms with van der Waals surface area (Å²) in [6.07, 6.45) is -0.259. The van der Waals surface area contributed by atoms with Crippen molar-refractivity contribution in [2.24, 2.45) is 0 Å². The van der Waals surface area contributed by atoms with Crippen molar-refractivity contribution in [3.8, 4) is 11.5 Å². The highest BCUT2D eigenvalue weighted by molar-refractivity contribution is 7.89. The standard InChI is InChI=1S/C22H28N2O5S/c1-22(2,3)16-8-10-18(11-9-16)30(26,27)24-13-12-21(25)23-14-17-15-28-19-6-4-5-7-20(19)29-17/h4-11,17,24H,12-15H2,1-3H3,(H,23,25). The smallest absolute Gasteiger partial charge is 0.240 e. The first-order chi connectivity index (χ1) is 14.1. The highest BCUT2D eigenvalue weighted by Crippen LogP contribution is 2.30. The fourth-order valence-electron chi connectivity index (χ4n) is 3.00. The zero-order valence-corrected chi connectivity index (χ0v) is 18.3. The van der Waals surface area contributed by atoms with Crippen molar-refractivity contribution >= 4 is 15.9 Å². The van der Waals surface area contributed by atoms with Crippen LogP contribution in [0.3, 0.4) is 0 Å². The molecule has 1 heterocycles. The number of hydrogen-bond donors (Lipinski definition) is 2. The van der Waals surface area contributed by atoms with Gasteiger partial charge in [-0.3, -0.25) is 4.79 Å². The molecule has 8 heteroatoms. The molecule has 2 aromatic rings. The van der Waals surface area contributed by atoms with E-state index in [-0.39, 0.29) is 41.8 Å². The van der Waals surface area contributed by atoms with Gasteiger partial charge in [-0.1, -0.05) is 45.0 Å². The van der Waals surface area contributed by atoms with Gasteiger partial charge in [0.2, 0.25) is 15.9 Å². The van der Waals surface area contributed by atoms with Gasteiger partial charge in [0.15, 0.2) is 11.5 Å². The summed E-state index contributed by atoms with van der Waals surface area (Å²) in [5, 5.41) is 2.75. The number of carbonyl (C=O) groups excluding carboxylic acids is 1. The van der Waals surface area contributed by atoms with Gasteiger partial charge < -0.3 is 14.8 Å². The van der Waals surface area contributed by atoms with Crippen molar-refractivity contribution in [2.45, 2.75) is 43.6 Å². The van der Waals surface area contributed by atoms with Crippen LogP contribution < -0.4 is 19.5 Å². The van der Waals surface area contributed by atoms with Crippen LogP contribution in [0, 0.1) is 0 Å². The van der Waals surface area contributed by atoms with Gasteiger partial charge in [0.25, 0.3) is 0 Å². The van der Waals surface area contributed by atoms with Crippen LogP contribution in [0.4, 0.5) is 0 Å². The lowest BCUT2D eigenvalue weighted by molar-refractivity contribution is -0.121. The summed E-state index contributed by atoms with van der Waals surface area (Å²) >= 11 is 0. The molecule has 0 radical (unpaired) electrons. The Morgan fingerprint density at radius 1 is 1.07 bits per heavy atom. The lowest BCUT2D eigenvalue weighted by atomic mass is 9.87. The first kappa shape index (κ1) is 22.1. The number of amides is 1. The van der Waals surface area contributed by atoms with Crippen LogP contribution in [0.2, 0.25) is 0 Å². The number of sulfonamides is 1. The van der Waals surface area contributed by atoms with Crippen LogP contribution in [0.25, 0.3) is 0 Å². The lowest BCUT2D eigenvalue weighted by Crippen LogP contribution is -2.41. The van der Waals surface area contributed by atoms with Gasteiger partial charge in [0.1, 0.15) is 12.7 Å². The van der Waals surface area contributed by atoms with Crippen LogP contribution in [0.15, 0.2) is 53.4 Å². The molecule has 2 N–H and O–H groups in total. The molecule has 1 aliphatic heterocycles. The van der Waals surface area contributed by atoms with Gasteiger partial charge in [0.05, 0.1) is 11.4 Å². The zero-order chi connectivity index (χ0) is 21.8. The Bertz CT molecular complexity index is 981. The molecule has 0 saturated carbocycles. The van der Waals surface area contributed by atoms with Crippen molar-refractivity contribution in [1.29, 1.82) is 0 Å². The number of benzene rings is 2. The van der Waals surface area contributed by atoms with Gasteiger partial charge in [-0.05, 0) is 35.2 Å². The van der Waals surface area contributed by atoms with Crippen LogP contribution in [-0.2, 0) is 20.2 Å². The van der Waals surface area contributed by atoms with Crippen molar-refractivity contribution in [1.82, 2.24) is 10.0 Å². The predicted octanol–water partition coefficient (Wildman–Crippen LogP) is 2.61. The summed E-state index contributed by atoms with van der Waals surface area (Å²) in [5.41, 5.74) is 1.00. The lowest BCUT2D eigenvalue weighted by Gasteiger charge is -2.26. The number of para-hydroxylation sites is 2. The Kier molecular flexibility index (Phi) is 6.67. The Balaban J connectivity index is 1.43. The quantitative estimate of drug-likeness (QED) is 0.702. The Morgan fingerprint density at radius 3 is 2.40 bits per heavy atom. The van der Waals surface area contributed by atoms with E-state index >= 15 is 0 Å². The molecule has 0 saturated heterocycles. The number of carbonyl (C=O) groups is 1. The normalized spacial score (nSPS) is 16.2. The number of hydrogen-bond acceptors (Lipinski definition) is 5. The van der Waals surface area contributed by atoms with Crippen molar-refractivity contribution in [2.75, 3.05) is 19.7 Å². The minimum atomic E-state index is -3.66. The van der Waals surface area contributed by atoms with Crippen LogP contribution in [-0.4, -0.2) is 40.1 Å². The molecule has 0 aromatic heterocycles. The average Bonchev–Trinajstić information content (AvgIpc) is 2.71. The second kappa shape index (κ2) is 9.06. The second-order valence-corrected chi connectivity index (χ2v) is 9.99. The van der Waals surface area contributed by atoms with E-state index in [1.807, 2.05) is 36.4 Å². The van der Waals surface area contributed by atoms with Crippen molar-refractivity contribution in [3.63, 3.8) is 0 Å². The summed E-state index contributed by atoms with van der Waals surface area (Å²) < 4.78 is 38.7. The third kappa shape index (κ3) is 5.73. The Labute approximate surface area is 177 Å². The first-order valence-corrected chi connectivity index (χ1v) is 11.4. The molecule has 1 amide bonds. The molecule has 0 aliphatic carbocycles. The molecule has 0 fully saturated rings. The molecule has 3 rings (SSSR count). The van der Waals surface area contributed by atoms with E-state index in [0.29, 0.717) is 18.1 Å². The highest BCUT2D eigenvalue weighted by Gasteiger charge is 2.21. The summed E-state index contributed by atoms with van der Waals surface area (Å²) in [6, 6.07) is 14.1. The molecule has 2 aromatic carbocycles. The van der Waals surface area contributed by atoms with Gasteiger partial charge in [0, 0.05) is 13.0 Å². The van der Waals surface area contributed by atoms with Gasteiger partial charge in [-0.2, -0.15) is 0 Å². The summed E-state index contributed by atoms with van der Waals surface area (Å²) in [4.78, 5) is 12.2. The molecular weight excluding hydrogens is 404 g/mol. The van der Waals surface area contributed by atoms with Gasteiger partial charge in [-0.15, -0.1) is 0 Å². The molecule has 0 spiro atoms. The van der Waals surface area contributed by atoms with Crippen LogP contribution in [0.5, 0.6) is 11.5 Å². The minimum absolute atomic E-state index is 0.0139. The van der Waals surface area contributed by atoms with Crippen molar-refractivity contribution in [3.05, 3.63) is 54.1 Å². The van der Waals surface area contributed by atoms with Gasteiger partial charge in [-0.25, -0.2) is 13.1 Å². The topological polar surface area (TPSA) is 93.7 Å². The van der Waals surface area contributed by atoms with E-state index in [1.54, 1.807) is 12.1 Å². The van der Waals surface area contributed by atoms with E-state index in [4.69, 9.17) is 9.47 Å². The molecule has 1 aliphatic rings. The van der Waals surface area contributed by atoms with E-state index in [1.165, 1.54) is 0 Å². The Hall–Kier alpha value is -2.58. The number of ether oxygens (including phenoxy) is 2. The molecular formula is C22H28N2O5S. The van der Waals surface area contributed by atoms with E-state index < -0.39 is 10.0 Å². The monoisotopic (exact) mass is 432 g/mol. The van der Waals surface area contributed by atoms with Crippen LogP contribution in [0.1, 0.15) is 32.8 Å². The second-order valence-electron chi connectivity index (χ2n) is 8.22. The SMILES string of the molecule is CC(C)(C)c1ccc(S(=O)(=O)NCCC(=O)NCC2COc3ccccc3O2)cc1. The molecule has 1 atom stereocenters. The predicted molar refractivity (Wildman–Crippen MR) is 114 cm³/mol. The minimum Gasteiger partial charge on any atom is -0.486 e. The molecule has 162 valence electrons.